The molecule has 0 saturated carbocycles. The van der Waals surface area contributed by atoms with Crippen LogP contribution in [0.3, 0.4) is 0 Å². The van der Waals surface area contributed by atoms with Crippen molar-refractivity contribution in [3.05, 3.63) is 93.1 Å². The van der Waals surface area contributed by atoms with Gasteiger partial charge in [-0.2, -0.15) is 0 Å². The van der Waals surface area contributed by atoms with E-state index in [4.69, 9.17) is 44.9 Å². The summed E-state index contributed by atoms with van der Waals surface area (Å²) in [7, 11) is 0. The van der Waals surface area contributed by atoms with Crippen molar-refractivity contribution in [2.75, 3.05) is 13.3 Å². The third-order valence-corrected chi connectivity index (χ3v) is 7.42. The van der Waals surface area contributed by atoms with Gasteiger partial charge in [-0.25, -0.2) is 0 Å². The van der Waals surface area contributed by atoms with Crippen LogP contribution in [0.1, 0.15) is 28.4 Å². The first-order valence-corrected chi connectivity index (χ1v) is 12.2. The van der Waals surface area contributed by atoms with Gasteiger partial charge < -0.3 is 24.7 Å². The third-order valence-electron chi connectivity index (χ3n) is 6.45. The van der Waals surface area contributed by atoms with Gasteiger partial charge >= 0.3 is 0 Å². The lowest BCUT2D eigenvalue weighted by Gasteiger charge is -2.38. The van der Waals surface area contributed by atoms with Crippen molar-refractivity contribution < 1.29 is 9.47 Å². The molecule has 3 heterocycles. The highest BCUT2D eigenvalue weighted by Gasteiger charge is 2.34. The number of nitrogens with zero attached hydrogens (tertiary/aromatic N) is 1. The summed E-state index contributed by atoms with van der Waals surface area (Å²) >= 11 is 18.3. The van der Waals surface area contributed by atoms with Crippen LogP contribution in [0.5, 0.6) is 11.5 Å². The number of benzene rings is 3. The number of para-hydroxylation sites is 1. The number of hydrogen-bond donors (Lipinski definition) is 2. The second kappa shape index (κ2) is 8.69. The summed E-state index contributed by atoms with van der Waals surface area (Å²) in [6.45, 7) is 1.54. The van der Waals surface area contributed by atoms with E-state index in [9.17, 15) is 0 Å². The fraction of sp³-hybridized carbons (Fsp3) is 0.192. The minimum Gasteiger partial charge on any atom is -0.454 e. The Kier molecular flexibility index (Phi) is 5.52. The molecule has 3 aromatic carbocycles. The van der Waals surface area contributed by atoms with Gasteiger partial charge in [-0.15, -0.1) is 0 Å². The van der Waals surface area contributed by atoms with Gasteiger partial charge in [-0.3, -0.25) is 0 Å². The van der Waals surface area contributed by atoms with Crippen molar-refractivity contribution in [2.45, 2.75) is 19.0 Å². The first kappa shape index (κ1) is 21.6. The Balaban J connectivity index is 1.36. The Labute approximate surface area is 212 Å². The summed E-state index contributed by atoms with van der Waals surface area (Å²) in [5.41, 5.74) is 5.65. The Morgan fingerprint density at radius 2 is 1.91 bits per heavy atom. The maximum absolute atomic E-state index is 6.38. The van der Waals surface area contributed by atoms with Crippen LogP contribution in [0.4, 0.5) is 0 Å². The van der Waals surface area contributed by atoms with Crippen LogP contribution in [-0.2, 0) is 13.0 Å². The number of nitrogens with one attached hydrogen (secondary N) is 2. The molecule has 0 unspecified atom stereocenters. The van der Waals surface area contributed by atoms with Crippen molar-refractivity contribution in [2.24, 2.45) is 0 Å². The van der Waals surface area contributed by atoms with Crippen LogP contribution in [0.25, 0.3) is 10.9 Å². The normalized spacial score (nSPS) is 16.5. The summed E-state index contributed by atoms with van der Waals surface area (Å²) in [5.74, 6) is 1.52. The lowest BCUT2D eigenvalue weighted by atomic mass is 9.92. The van der Waals surface area contributed by atoms with Crippen LogP contribution < -0.4 is 14.8 Å². The third kappa shape index (κ3) is 3.76. The van der Waals surface area contributed by atoms with E-state index >= 15 is 0 Å². The highest BCUT2D eigenvalue weighted by molar-refractivity contribution is 7.80. The number of aromatic nitrogens is 1. The fourth-order valence-corrected chi connectivity index (χ4v) is 5.57. The maximum atomic E-state index is 6.38. The number of halogens is 2. The van der Waals surface area contributed by atoms with E-state index in [0.29, 0.717) is 21.7 Å². The number of H-pyrrole nitrogens is 1. The number of thiocarbonyl (C=S) groups is 1. The topological polar surface area (TPSA) is 49.5 Å². The molecular weight excluding hydrogens is 489 g/mol. The van der Waals surface area contributed by atoms with Crippen molar-refractivity contribution in [3.63, 3.8) is 0 Å². The van der Waals surface area contributed by atoms with Crippen LogP contribution >= 0.6 is 35.4 Å². The highest BCUT2D eigenvalue weighted by Crippen LogP contribution is 2.42. The van der Waals surface area contributed by atoms with E-state index in [-0.39, 0.29) is 12.8 Å². The van der Waals surface area contributed by atoms with Crippen LogP contribution in [0.2, 0.25) is 10.0 Å². The van der Waals surface area contributed by atoms with Gasteiger partial charge in [0.1, 0.15) is 0 Å². The predicted molar refractivity (Wildman–Crippen MR) is 139 cm³/mol. The molecular formula is C26H21Cl2N3O2S. The lowest BCUT2D eigenvalue weighted by molar-refractivity contribution is 0.174. The molecule has 6 rings (SSSR count). The van der Waals surface area contributed by atoms with E-state index in [1.165, 1.54) is 10.9 Å². The standard InChI is InChI=1S/C26H21Cl2N3O2S/c27-17-7-5-16(20(28)12-17)13-29-26(34)31-10-9-19-18-3-1-2-4-21(18)30-24(19)25(31)15-6-8-22-23(11-15)33-14-32-22/h1-8,11-12,25,30H,9-10,13-14H2,(H,29,34)/t25-/m1/s1. The minimum atomic E-state index is -0.0914. The van der Waals surface area contributed by atoms with Gasteiger partial charge in [0, 0.05) is 39.7 Å². The summed E-state index contributed by atoms with van der Waals surface area (Å²) in [4.78, 5) is 5.90. The van der Waals surface area contributed by atoms with E-state index < -0.39 is 0 Å². The van der Waals surface area contributed by atoms with Crippen molar-refractivity contribution >= 4 is 51.4 Å². The largest absolute Gasteiger partial charge is 0.454 e. The zero-order valence-corrected chi connectivity index (χ0v) is 20.4. The van der Waals surface area contributed by atoms with Gasteiger partial charge in [-0.1, -0.05) is 53.5 Å². The number of aromatic amines is 1. The van der Waals surface area contributed by atoms with Crippen LogP contribution in [-0.4, -0.2) is 28.3 Å². The zero-order chi connectivity index (χ0) is 23.2. The van der Waals surface area contributed by atoms with Gasteiger partial charge in [0.2, 0.25) is 6.79 Å². The highest BCUT2D eigenvalue weighted by atomic mass is 35.5. The zero-order valence-electron chi connectivity index (χ0n) is 18.1. The van der Waals surface area contributed by atoms with Crippen molar-refractivity contribution in [1.29, 1.82) is 0 Å². The fourth-order valence-electron chi connectivity index (χ4n) is 4.83. The molecule has 0 fully saturated rings. The Morgan fingerprint density at radius 1 is 1.06 bits per heavy atom. The number of rotatable bonds is 3. The maximum Gasteiger partial charge on any atom is 0.231 e. The van der Waals surface area contributed by atoms with Gasteiger partial charge in [-0.05, 0) is 65.7 Å². The van der Waals surface area contributed by atoms with Crippen molar-refractivity contribution in [3.8, 4) is 11.5 Å². The summed E-state index contributed by atoms with van der Waals surface area (Å²) in [6.07, 6.45) is 0.893. The summed E-state index contributed by atoms with van der Waals surface area (Å²) in [6, 6.07) is 20.0. The van der Waals surface area contributed by atoms with Gasteiger partial charge in [0.25, 0.3) is 0 Å². The second-order valence-electron chi connectivity index (χ2n) is 8.42. The molecule has 34 heavy (non-hydrogen) atoms. The van der Waals surface area contributed by atoms with Crippen LogP contribution in [0.15, 0.2) is 60.7 Å². The number of fused-ring (bicyclic) bond motifs is 4. The van der Waals surface area contributed by atoms with Crippen molar-refractivity contribution in [1.82, 2.24) is 15.2 Å². The molecule has 4 aromatic rings. The molecule has 2 aliphatic rings. The van der Waals surface area contributed by atoms with Crippen LogP contribution in [0, 0.1) is 0 Å². The van der Waals surface area contributed by atoms with E-state index in [0.717, 1.165) is 46.8 Å². The molecule has 1 aromatic heterocycles. The molecule has 2 N–H and O–H groups in total. The second-order valence-corrected chi connectivity index (χ2v) is 9.65. The molecule has 172 valence electrons. The molecule has 0 saturated heterocycles. The smallest absolute Gasteiger partial charge is 0.231 e. The molecule has 0 spiro atoms. The average Bonchev–Trinajstić information content (AvgIpc) is 3.46. The molecule has 0 radical (unpaired) electrons. The molecule has 5 nitrogen and oxygen atoms in total. The monoisotopic (exact) mass is 509 g/mol. The quantitative estimate of drug-likeness (QED) is 0.320. The number of hydrogen-bond acceptors (Lipinski definition) is 3. The molecule has 8 heteroatoms. The molecule has 1 atom stereocenters. The summed E-state index contributed by atoms with van der Waals surface area (Å²) < 4.78 is 11.2. The first-order chi connectivity index (χ1) is 16.6. The van der Waals surface area contributed by atoms with E-state index in [2.05, 4.69) is 51.6 Å². The predicted octanol–water partition coefficient (Wildman–Crippen LogP) is 6.23. The van der Waals surface area contributed by atoms with E-state index in [1.807, 2.05) is 18.2 Å². The first-order valence-electron chi connectivity index (χ1n) is 11.1. The Hall–Kier alpha value is -2.93. The summed E-state index contributed by atoms with van der Waals surface area (Å²) in [5, 5.41) is 6.56. The van der Waals surface area contributed by atoms with E-state index in [1.54, 1.807) is 6.07 Å². The average molecular weight is 510 g/mol. The minimum absolute atomic E-state index is 0.0914. The lowest BCUT2D eigenvalue weighted by Crippen LogP contribution is -2.45. The number of ether oxygens (including phenoxy) is 2. The molecule has 0 aliphatic carbocycles. The van der Waals surface area contributed by atoms with Gasteiger partial charge in [0.15, 0.2) is 16.6 Å². The van der Waals surface area contributed by atoms with Gasteiger partial charge in [0.05, 0.1) is 6.04 Å². The molecule has 0 amide bonds. The molecule has 0 bridgehead atoms. The molecule has 2 aliphatic heterocycles. The SMILES string of the molecule is S=C(NCc1ccc(Cl)cc1Cl)N1CCc2c([nH]c3ccccc23)[C@H]1c1ccc2c(c1)OCO2. The Morgan fingerprint density at radius 3 is 2.79 bits per heavy atom. The Bertz CT molecular complexity index is 1420.